The lowest BCUT2D eigenvalue weighted by Gasteiger charge is -2.04. The molecule has 0 saturated heterocycles. The van der Waals surface area contributed by atoms with Gasteiger partial charge in [0.05, 0.1) is 20.7 Å². The molecule has 0 fully saturated rings. The minimum Gasteiger partial charge on any atom is -0.298 e. The summed E-state index contributed by atoms with van der Waals surface area (Å²) in [5.74, 6) is -5.77. The van der Waals surface area contributed by atoms with Gasteiger partial charge in [-0.15, -0.1) is 0 Å². The number of carbonyl (C=O) groups is 1. The first-order chi connectivity index (χ1) is 11.4. The van der Waals surface area contributed by atoms with E-state index >= 15 is 0 Å². The molecule has 0 atom stereocenters. The average molecular weight is 353 g/mol. The number of nitro groups is 1. The number of non-ortho nitro benzene ring substituents is 1. The molecule has 0 aliphatic rings. The number of rotatable bonds is 3. The van der Waals surface area contributed by atoms with Crippen LogP contribution in [0.25, 0.3) is 10.2 Å². The topological polar surface area (TPSA) is 85.1 Å². The highest BCUT2D eigenvalue weighted by Crippen LogP contribution is 2.29. The SMILES string of the molecule is O=C(Nc1nc2ccc([N+](=O)[O-])cc2s1)c1ccc(F)c(F)c1F. The minimum absolute atomic E-state index is 0.0413. The zero-order valence-corrected chi connectivity index (χ0v) is 12.4. The Kier molecular flexibility index (Phi) is 3.89. The number of anilines is 1. The van der Waals surface area contributed by atoms with Gasteiger partial charge < -0.3 is 0 Å². The highest BCUT2D eigenvalue weighted by Gasteiger charge is 2.20. The number of hydrogen-bond donors (Lipinski definition) is 1. The Hall–Kier alpha value is -3.01. The van der Waals surface area contributed by atoms with Crippen molar-refractivity contribution in [2.24, 2.45) is 0 Å². The fraction of sp³-hybridized carbons (Fsp3) is 0. The first-order valence-corrected chi connectivity index (χ1v) is 7.18. The summed E-state index contributed by atoms with van der Waals surface area (Å²) in [6, 6.07) is 5.37. The summed E-state index contributed by atoms with van der Waals surface area (Å²) >= 11 is 0.927. The van der Waals surface area contributed by atoms with Crippen LogP contribution in [0.5, 0.6) is 0 Å². The fourth-order valence-electron chi connectivity index (χ4n) is 1.95. The molecule has 0 aliphatic heterocycles. The number of fused-ring (bicyclic) bond motifs is 1. The van der Waals surface area contributed by atoms with Gasteiger partial charge >= 0.3 is 0 Å². The summed E-state index contributed by atoms with van der Waals surface area (Å²) in [5, 5.41) is 13.0. The minimum atomic E-state index is -1.75. The first kappa shape index (κ1) is 15.9. The smallest absolute Gasteiger partial charge is 0.270 e. The van der Waals surface area contributed by atoms with Crippen molar-refractivity contribution < 1.29 is 22.9 Å². The van der Waals surface area contributed by atoms with E-state index in [2.05, 4.69) is 10.3 Å². The summed E-state index contributed by atoms with van der Waals surface area (Å²) in [5.41, 5.74) is -0.429. The molecule has 0 saturated carbocycles. The van der Waals surface area contributed by atoms with E-state index in [4.69, 9.17) is 0 Å². The number of amides is 1. The third-order valence-electron chi connectivity index (χ3n) is 3.08. The van der Waals surface area contributed by atoms with Crippen LogP contribution in [-0.4, -0.2) is 15.8 Å². The number of aromatic nitrogens is 1. The molecule has 10 heteroatoms. The lowest BCUT2D eigenvalue weighted by Crippen LogP contribution is -2.15. The van der Waals surface area contributed by atoms with Gasteiger partial charge in [-0.25, -0.2) is 18.2 Å². The molecule has 0 unspecified atom stereocenters. The number of nitrogens with one attached hydrogen (secondary N) is 1. The van der Waals surface area contributed by atoms with Gasteiger partial charge in [-0.2, -0.15) is 0 Å². The summed E-state index contributed by atoms with van der Waals surface area (Å²) in [6.45, 7) is 0. The quantitative estimate of drug-likeness (QED) is 0.440. The molecule has 122 valence electrons. The van der Waals surface area contributed by atoms with Crippen molar-refractivity contribution in [3.05, 3.63) is 63.5 Å². The lowest BCUT2D eigenvalue weighted by molar-refractivity contribution is -0.384. The summed E-state index contributed by atoms with van der Waals surface area (Å²) in [4.78, 5) is 26.1. The van der Waals surface area contributed by atoms with Crippen LogP contribution in [0.1, 0.15) is 10.4 Å². The highest BCUT2D eigenvalue weighted by atomic mass is 32.1. The molecule has 0 aliphatic carbocycles. The predicted octanol–water partition coefficient (Wildman–Crippen LogP) is 3.87. The molecule has 1 N–H and O–H groups in total. The molecule has 1 heterocycles. The Morgan fingerprint density at radius 1 is 1.17 bits per heavy atom. The van der Waals surface area contributed by atoms with Gasteiger partial charge in [-0.1, -0.05) is 11.3 Å². The Morgan fingerprint density at radius 3 is 2.62 bits per heavy atom. The molecule has 0 radical (unpaired) electrons. The zero-order chi connectivity index (χ0) is 17.4. The maximum absolute atomic E-state index is 13.6. The predicted molar refractivity (Wildman–Crippen MR) is 80.5 cm³/mol. The molecular formula is C14H6F3N3O3S. The van der Waals surface area contributed by atoms with Crippen LogP contribution in [0.3, 0.4) is 0 Å². The largest absolute Gasteiger partial charge is 0.298 e. The van der Waals surface area contributed by atoms with E-state index in [0.29, 0.717) is 16.3 Å². The maximum Gasteiger partial charge on any atom is 0.270 e. The molecular weight excluding hydrogens is 347 g/mol. The van der Waals surface area contributed by atoms with Crippen LogP contribution in [0.15, 0.2) is 30.3 Å². The van der Waals surface area contributed by atoms with Gasteiger partial charge in [0.25, 0.3) is 11.6 Å². The van der Waals surface area contributed by atoms with Gasteiger partial charge in [0.1, 0.15) is 0 Å². The van der Waals surface area contributed by atoms with Gasteiger partial charge in [-0.3, -0.25) is 20.2 Å². The highest BCUT2D eigenvalue weighted by molar-refractivity contribution is 7.22. The van der Waals surface area contributed by atoms with E-state index in [9.17, 15) is 28.1 Å². The summed E-state index contributed by atoms with van der Waals surface area (Å²) in [6.07, 6.45) is 0. The monoisotopic (exact) mass is 353 g/mol. The van der Waals surface area contributed by atoms with E-state index in [1.165, 1.54) is 18.2 Å². The molecule has 1 amide bonds. The molecule has 24 heavy (non-hydrogen) atoms. The van der Waals surface area contributed by atoms with Crippen molar-refractivity contribution in [2.45, 2.75) is 0 Å². The average Bonchev–Trinajstić information content (AvgIpc) is 2.93. The van der Waals surface area contributed by atoms with Crippen molar-refractivity contribution in [3.63, 3.8) is 0 Å². The van der Waals surface area contributed by atoms with Gasteiger partial charge in [0, 0.05) is 12.1 Å². The standard InChI is InChI=1S/C14H6F3N3O3S/c15-8-3-2-7(11(16)12(8)17)13(21)19-14-18-9-4-1-6(20(22)23)5-10(9)24-14/h1-5H,(H,18,19,21). The van der Waals surface area contributed by atoms with Crippen LogP contribution >= 0.6 is 11.3 Å². The zero-order valence-electron chi connectivity index (χ0n) is 11.5. The number of nitrogens with zero attached hydrogens (tertiary/aromatic N) is 2. The third-order valence-corrected chi connectivity index (χ3v) is 4.02. The number of halogens is 3. The van der Waals surface area contributed by atoms with Crippen molar-refractivity contribution in [1.29, 1.82) is 0 Å². The molecule has 3 aromatic rings. The van der Waals surface area contributed by atoms with E-state index in [1.807, 2.05) is 0 Å². The first-order valence-electron chi connectivity index (χ1n) is 6.36. The Bertz CT molecular complexity index is 990. The van der Waals surface area contributed by atoms with E-state index < -0.39 is 33.8 Å². The normalized spacial score (nSPS) is 10.8. The van der Waals surface area contributed by atoms with Crippen molar-refractivity contribution in [1.82, 2.24) is 4.98 Å². The lowest BCUT2D eigenvalue weighted by atomic mass is 10.2. The number of nitro benzene ring substituents is 1. The molecule has 6 nitrogen and oxygen atoms in total. The van der Waals surface area contributed by atoms with Crippen LogP contribution in [0, 0.1) is 27.6 Å². The van der Waals surface area contributed by atoms with Crippen molar-refractivity contribution >= 4 is 38.3 Å². The Morgan fingerprint density at radius 2 is 1.92 bits per heavy atom. The van der Waals surface area contributed by atoms with Crippen LogP contribution in [0.2, 0.25) is 0 Å². The van der Waals surface area contributed by atoms with Gasteiger partial charge in [-0.05, 0) is 18.2 Å². The van der Waals surface area contributed by atoms with Gasteiger partial charge in [0.2, 0.25) is 0 Å². The van der Waals surface area contributed by atoms with Crippen molar-refractivity contribution in [3.8, 4) is 0 Å². The van der Waals surface area contributed by atoms with Crippen LogP contribution in [0.4, 0.5) is 24.0 Å². The second-order valence-electron chi connectivity index (χ2n) is 4.61. The maximum atomic E-state index is 13.6. The molecule has 2 aromatic carbocycles. The molecule has 3 rings (SSSR count). The van der Waals surface area contributed by atoms with Crippen molar-refractivity contribution in [2.75, 3.05) is 5.32 Å². The second-order valence-corrected chi connectivity index (χ2v) is 5.64. The fourth-order valence-corrected chi connectivity index (χ4v) is 2.84. The number of carbonyl (C=O) groups excluding carboxylic acids is 1. The second kappa shape index (κ2) is 5.89. The van der Waals surface area contributed by atoms with Gasteiger partial charge in [0.15, 0.2) is 22.6 Å². The number of hydrogen-bond acceptors (Lipinski definition) is 5. The van der Waals surface area contributed by atoms with E-state index in [-0.39, 0.29) is 10.8 Å². The number of thiazole rings is 1. The number of benzene rings is 2. The van der Waals surface area contributed by atoms with E-state index in [0.717, 1.165) is 17.4 Å². The molecule has 0 spiro atoms. The molecule has 1 aromatic heterocycles. The Labute approximate surface area is 135 Å². The third kappa shape index (κ3) is 2.78. The summed E-state index contributed by atoms with van der Waals surface area (Å²) < 4.78 is 40.1. The van der Waals surface area contributed by atoms with Crippen LogP contribution < -0.4 is 5.32 Å². The summed E-state index contributed by atoms with van der Waals surface area (Å²) in [7, 11) is 0. The molecule has 0 bridgehead atoms. The van der Waals surface area contributed by atoms with Crippen LogP contribution in [-0.2, 0) is 0 Å². The van der Waals surface area contributed by atoms with E-state index in [1.54, 1.807) is 0 Å². The Balaban J connectivity index is 1.91.